The molecule has 2 aliphatic carbocycles. The summed E-state index contributed by atoms with van der Waals surface area (Å²) in [6.07, 6.45) is 12.7. The number of aromatic nitrogens is 5. The molecule has 9 nitrogen and oxygen atoms in total. The van der Waals surface area contributed by atoms with Crippen molar-refractivity contribution in [1.29, 1.82) is 0 Å². The van der Waals surface area contributed by atoms with Crippen molar-refractivity contribution in [2.75, 3.05) is 11.1 Å². The van der Waals surface area contributed by atoms with Gasteiger partial charge in [0.15, 0.2) is 22.7 Å². The number of anilines is 2. The Morgan fingerprint density at radius 1 is 1.00 bits per heavy atom. The summed E-state index contributed by atoms with van der Waals surface area (Å²) in [7, 11) is 0. The maximum absolute atomic E-state index is 6.61. The van der Waals surface area contributed by atoms with Crippen LogP contribution in [0.2, 0.25) is 0 Å². The number of rotatable bonds is 6. The molecule has 182 valence electrons. The Labute approximate surface area is 204 Å². The van der Waals surface area contributed by atoms with Crippen molar-refractivity contribution in [3.8, 4) is 11.5 Å². The zero-order valence-electron chi connectivity index (χ0n) is 19.9. The first-order chi connectivity index (χ1) is 17.2. The molecule has 4 aromatic heterocycles. The molecule has 0 radical (unpaired) electrons. The molecular weight excluding hydrogens is 440 g/mol. The maximum Gasteiger partial charge on any atom is 0.224 e. The lowest BCUT2D eigenvalue weighted by Gasteiger charge is -2.29. The fraction of sp³-hybridized carbons (Fsp3) is 0.462. The van der Waals surface area contributed by atoms with Crippen LogP contribution in [0, 0.1) is 0 Å². The summed E-state index contributed by atoms with van der Waals surface area (Å²) in [5.74, 6) is 2.97. The van der Waals surface area contributed by atoms with Crippen molar-refractivity contribution in [2.24, 2.45) is 5.73 Å². The predicted molar refractivity (Wildman–Crippen MR) is 136 cm³/mol. The van der Waals surface area contributed by atoms with Crippen LogP contribution in [0.1, 0.15) is 74.7 Å². The highest BCUT2D eigenvalue weighted by molar-refractivity contribution is 5.85. The van der Waals surface area contributed by atoms with Gasteiger partial charge in [0.25, 0.3) is 0 Å². The number of hydrogen-bond donors (Lipinski definition) is 3. The Morgan fingerprint density at radius 3 is 2.57 bits per heavy atom. The quantitative estimate of drug-likeness (QED) is 0.365. The summed E-state index contributed by atoms with van der Waals surface area (Å²) < 4.78 is 7.78. The van der Waals surface area contributed by atoms with Gasteiger partial charge in [0.2, 0.25) is 5.95 Å². The van der Waals surface area contributed by atoms with E-state index in [4.69, 9.17) is 20.9 Å². The smallest absolute Gasteiger partial charge is 0.224 e. The number of nitrogens with one attached hydrogen (secondary N) is 1. The highest BCUT2D eigenvalue weighted by Crippen LogP contribution is 2.40. The summed E-state index contributed by atoms with van der Waals surface area (Å²) in [5, 5.41) is 3.44. The normalized spacial score (nSPS) is 21.1. The summed E-state index contributed by atoms with van der Waals surface area (Å²) in [6.45, 7) is 0.547. The Bertz CT molecular complexity index is 1290. The van der Waals surface area contributed by atoms with Gasteiger partial charge in [-0.15, -0.1) is 0 Å². The monoisotopic (exact) mass is 472 g/mol. The third-order valence-electron chi connectivity index (χ3n) is 7.48. The van der Waals surface area contributed by atoms with Gasteiger partial charge >= 0.3 is 0 Å². The highest BCUT2D eigenvalue weighted by atomic mass is 16.3. The molecule has 6 rings (SSSR count). The van der Waals surface area contributed by atoms with E-state index in [-0.39, 0.29) is 17.9 Å². The second-order valence-corrected chi connectivity index (χ2v) is 9.82. The molecule has 0 aliphatic heterocycles. The van der Waals surface area contributed by atoms with E-state index >= 15 is 0 Å². The molecule has 2 aliphatic rings. The number of nitrogens with zero attached hydrogens (tertiary/aromatic N) is 5. The molecule has 35 heavy (non-hydrogen) atoms. The van der Waals surface area contributed by atoms with Crippen molar-refractivity contribution in [1.82, 2.24) is 24.5 Å². The molecule has 2 saturated carbocycles. The Morgan fingerprint density at radius 2 is 1.83 bits per heavy atom. The van der Waals surface area contributed by atoms with Crippen molar-refractivity contribution in [3.63, 3.8) is 0 Å². The molecule has 0 saturated heterocycles. The van der Waals surface area contributed by atoms with Crippen LogP contribution in [0.3, 0.4) is 0 Å². The third kappa shape index (κ3) is 4.25. The largest absolute Gasteiger partial charge is 0.463 e. The maximum atomic E-state index is 6.61. The van der Waals surface area contributed by atoms with Gasteiger partial charge < -0.3 is 25.8 Å². The summed E-state index contributed by atoms with van der Waals surface area (Å²) in [4.78, 5) is 18.9. The Balaban J connectivity index is 1.34. The van der Waals surface area contributed by atoms with E-state index in [1.165, 1.54) is 25.7 Å². The first kappa shape index (κ1) is 22.0. The van der Waals surface area contributed by atoms with Gasteiger partial charge in [-0.05, 0) is 49.4 Å². The standard InChI is InChI=1S/C26H32N8O/c27-19-9-4-3-8-18(19)24-31-22-23(32-26(28)33-25(22)34(24)17-6-1-2-7-17)30-15-16-11-12-20(29-14-16)21-10-5-13-35-21/h5,10-14,17-19H,1-4,6-9,15,27H2,(H3,28,30,32,33). The second-order valence-electron chi connectivity index (χ2n) is 9.82. The third-order valence-corrected chi connectivity index (χ3v) is 7.48. The Kier molecular flexibility index (Phi) is 5.85. The molecule has 4 aromatic rings. The van der Waals surface area contributed by atoms with Crippen molar-refractivity contribution in [3.05, 3.63) is 48.1 Å². The van der Waals surface area contributed by atoms with Crippen LogP contribution in [0.4, 0.5) is 11.8 Å². The molecule has 0 spiro atoms. The van der Waals surface area contributed by atoms with Gasteiger partial charge in [-0.25, -0.2) is 4.98 Å². The van der Waals surface area contributed by atoms with Crippen LogP contribution >= 0.6 is 0 Å². The lowest BCUT2D eigenvalue weighted by Crippen LogP contribution is -2.33. The van der Waals surface area contributed by atoms with Crippen molar-refractivity contribution >= 4 is 22.9 Å². The zero-order chi connectivity index (χ0) is 23.8. The topological polar surface area (TPSA) is 134 Å². The van der Waals surface area contributed by atoms with E-state index in [1.807, 2.05) is 30.5 Å². The fourth-order valence-corrected chi connectivity index (χ4v) is 5.68. The Hall–Kier alpha value is -3.46. The number of nitrogen functional groups attached to an aromatic ring is 1. The predicted octanol–water partition coefficient (Wildman–Crippen LogP) is 4.78. The number of nitrogens with two attached hydrogens (primary N) is 2. The van der Waals surface area contributed by atoms with E-state index in [0.717, 1.165) is 59.7 Å². The summed E-state index contributed by atoms with van der Waals surface area (Å²) in [5.41, 5.74) is 16.2. The van der Waals surface area contributed by atoms with E-state index in [9.17, 15) is 0 Å². The van der Waals surface area contributed by atoms with E-state index in [0.29, 0.717) is 18.4 Å². The molecule has 4 heterocycles. The van der Waals surface area contributed by atoms with Gasteiger partial charge in [-0.2, -0.15) is 9.97 Å². The number of pyridine rings is 1. The lowest BCUT2D eigenvalue weighted by atomic mass is 9.84. The van der Waals surface area contributed by atoms with Gasteiger partial charge in [0, 0.05) is 30.7 Å². The number of furan rings is 1. The van der Waals surface area contributed by atoms with Crippen LogP contribution in [0.5, 0.6) is 0 Å². The van der Waals surface area contributed by atoms with Crippen LogP contribution < -0.4 is 16.8 Å². The van der Waals surface area contributed by atoms with Gasteiger partial charge in [0.1, 0.15) is 11.5 Å². The molecule has 0 bridgehead atoms. The fourth-order valence-electron chi connectivity index (χ4n) is 5.68. The average molecular weight is 473 g/mol. The zero-order valence-corrected chi connectivity index (χ0v) is 19.9. The van der Waals surface area contributed by atoms with Gasteiger partial charge in [-0.1, -0.05) is 31.7 Å². The number of imidazole rings is 1. The number of hydrogen-bond acceptors (Lipinski definition) is 8. The van der Waals surface area contributed by atoms with E-state index in [1.54, 1.807) is 6.26 Å². The van der Waals surface area contributed by atoms with E-state index in [2.05, 4.69) is 24.8 Å². The molecule has 0 amide bonds. The SMILES string of the molecule is Nc1nc(NCc2ccc(-c3ccco3)nc2)c2nc(C3CCCCC3N)n(C3CCCC3)c2n1. The molecule has 9 heteroatoms. The minimum Gasteiger partial charge on any atom is -0.463 e. The first-order valence-corrected chi connectivity index (χ1v) is 12.7. The van der Waals surface area contributed by atoms with Crippen LogP contribution in [-0.4, -0.2) is 30.5 Å². The molecule has 2 fully saturated rings. The van der Waals surface area contributed by atoms with Crippen LogP contribution in [0.25, 0.3) is 22.6 Å². The summed E-state index contributed by atoms with van der Waals surface area (Å²) in [6, 6.07) is 8.26. The molecular formula is C26H32N8O. The average Bonchev–Trinajstić information content (AvgIpc) is 3.64. The minimum atomic E-state index is 0.126. The number of fused-ring (bicyclic) bond motifs is 1. The minimum absolute atomic E-state index is 0.126. The van der Waals surface area contributed by atoms with Crippen LogP contribution in [0.15, 0.2) is 41.1 Å². The van der Waals surface area contributed by atoms with Crippen LogP contribution in [-0.2, 0) is 6.54 Å². The first-order valence-electron chi connectivity index (χ1n) is 12.7. The van der Waals surface area contributed by atoms with Gasteiger partial charge in [-0.3, -0.25) is 4.98 Å². The second kappa shape index (κ2) is 9.30. The molecule has 2 unspecified atom stereocenters. The lowest BCUT2D eigenvalue weighted by molar-refractivity contribution is 0.354. The molecule has 5 N–H and O–H groups in total. The highest BCUT2D eigenvalue weighted by Gasteiger charge is 2.33. The van der Waals surface area contributed by atoms with E-state index < -0.39 is 0 Å². The summed E-state index contributed by atoms with van der Waals surface area (Å²) >= 11 is 0. The van der Waals surface area contributed by atoms with Gasteiger partial charge in [0.05, 0.1) is 6.26 Å². The molecule has 2 atom stereocenters. The molecule has 0 aromatic carbocycles. The van der Waals surface area contributed by atoms with Crippen molar-refractivity contribution in [2.45, 2.75) is 75.9 Å². The van der Waals surface area contributed by atoms with Crippen molar-refractivity contribution < 1.29 is 4.42 Å².